The quantitative estimate of drug-likeness (QED) is 0.0527. The zero-order valence-electron chi connectivity index (χ0n) is 30.0. The number of H-pyrrole nitrogens is 1. The average molecular weight is 796 g/mol. The average Bonchev–Trinajstić information content (AvgIpc) is 3.54. The Morgan fingerprint density at radius 3 is 1.89 bits per heavy atom. The second-order valence-electron chi connectivity index (χ2n) is 12.8. The molecule has 13 N–H and O–H groups in total. The number of aliphatic hydroxyl groups is 1. The number of aliphatic carboxylic acids is 1. The van der Waals surface area contributed by atoms with E-state index in [9.17, 15) is 48.6 Å². The lowest BCUT2D eigenvalue weighted by molar-refractivity contribution is -0.142. The van der Waals surface area contributed by atoms with Crippen molar-refractivity contribution in [3.8, 4) is 0 Å². The number of thiol groups is 2. The number of benzene rings is 1. The van der Waals surface area contributed by atoms with E-state index in [4.69, 9.17) is 11.5 Å². The maximum Gasteiger partial charge on any atom is 0.327 e. The minimum Gasteiger partial charge on any atom is -0.480 e. The van der Waals surface area contributed by atoms with Crippen LogP contribution in [0.5, 0.6) is 0 Å². The van der Waals surface area contributed by atoms with Gasteiger partial charge in [-0.05, 0) is 30.9 Å². The van der Waals surface area contributed by atoms with Crippen LogP contribution in [0.1, 0.15) is 39.2 Å². The van der Waals surface area contributed by atoms with E-state index in [0.717, 1.165) is 10.9 Å². The van der Waals surface area contributed by atoms with E-state index < -0.39 is 102 Å². The fourth-order valence-electron chi connectivity index (χ4n) is 5.03. The molecule has 0 aliphatic rings. The number of primary amides is 1. The number of hydrogen-bond acceptors (Lipinski definition) is 12. The fraction of sp³-hybridized carbons (Fsp3) is 0.515. The lowest BCUT2D eigenvalue weighted by Gasteiger charge is -2.27. The molecule has 0 saturated heterocycles. The molecule has 298 valence electrons. The molecule has 54 heavy (non-hydrogen) atoms. The maximum atomic E-state index is 13.7. The van der Waals surface area contributed by atoms with Gasteiger partial charge in [0.25, 0.3) is 0 Å². The minimum absolute atomic E-state index is 0.0422. The lowest BCUT2D eigenvalue weighted by Crippen LogP contribution is -2.60. The van der Waals surface area contributed by atoms with Gasteiger partial charge in [-0.1, -0.05) is 32.0 Å². The number of amides is 7. The van der Waals surface area contributed by atoms with Gasteiger partial charge in [0.05, 0.1) is 12.6 Å². The highest BCUT2D eigenvalue weighted by atomic mass is 32.1. The highest BCUT2D eigenvalue weighted by molar-refractivity contribution is 7.80. The Balaban J connectivity index is 2.29. The van der Waals surface area contributed by atoms with Crippen LogP contribution in [0.2, 0.25) is 0 Å². The standard InChI is InChI=1S/C33H49N9O10S2/c1-15(2)26(32(50)41-24(14-54)33(51)52)42-29(47)21(8-9-25(35)44)38-27(45)16(3)37-30(48)22(10-17-11-36-20-7-5-4-6-18(17)20)39-31(49)23(12-43)40-28(46)19(34)13-53/h4-7,11,15-16,19,21-24,26,36,43,53-54H,8-10,12-14,34H2,1-3H3,(H2,35,44)(H,37,48)(H,38,45)(H,39,49)(H,40,46)(H,41,50)(H,42,47)(H,51,52)/t16-,19-,21-,22-,23-,24-,26-/m0/s1. The number of carboxylic acid groups (broad SMARTS) is 1. The first-order valence-corrected chi connectivity index (χ1v) is 18.2. The number of aromatic amines is 1. The van der Waals surface area contributed by atoms with Crippen LogP contribution in [0, 0.1) is 5.92 Å². The van der Waals surface area contributed by atoms with Crippen molar-refractivity contribution in [3.63, 3.8) is 0 Å². The zero-order chi connectivity index (χ0) is 40.7. The second kappa shape index (κ2) is 21.7. The molecule has 1 aromatic carbocycles. The lowest BCUT2D eigenvalue weighted by atomic mass is 10.0. The van der Waals surface area contributed by atoms with Gasteiger partial charge in [-0.15, -0.1) is 0 Å². The van der Waals surface area contributed by atoms with Gasteiger partial charge in [0.1, 0.15) is 36.3 Å². The Kier molecular flexibility index (Phi) is 18.2. The molecular formula is C33H49N9O10S2. The molecule has 0 bridgehead atoms. The molecule has 21 heteroatoms. The van der Waals surface area contributed by atoms with Crippen LogP contribution in [0.15, 0.2) is 30.5 Å². The third-order valence-corrected chi connectivity index (χ3v) is 8.95. The van der Waals surface area contributed by atoms with Crippen LogP contribution in [0.25, 0.3) is 10.9 Å². The third-order valence-electron chi connectivity index (χ3n) is 8.19. The summed E-state index contributed by atoms with van der Waals surface area (Å²) < 4.78 is 0. The predicted octanol–water partition coefficient (Wildman–Crippen LogP) is -3.18. The summed E-state index contributed by atoms with van der Waals surface area (Å²) in [5.41, 5.74) is 12.3. The van der Waals surface area contributed by atoms with E-state index in [1.165, 1.54) is 6.92 Å². The summed E-state index contributed by atoms with van der Waals surface area (Å²) in [5, 5.41) is 34.4. The van der Waals surface area contributed by atoms with E-state index >= 15 is 0 Å². The molecule has 2 aromatic rings. The molecule has 0 aliphatic carbocycles. The van der Waals surface area contributed by atoms with E-state index in [2.05, 4.69) is 62.1 Å². The molecule has 0 aliphatic heterocycles. The topological polar surface area (TPSA) is 317 Å². The monoisotopic (exact) mass is 795 g/mol. The zero-order valence-corrected chi connectivity index (χ0v) is 31.7. The number of nitrogens with one attached hydrogen (secondary N) is 7. The van der Waals surface area contributed by atoms with Crippen LogP contribution in [-0.2, 0) is 44.8 Å². The minimum atomic E-state index is -1.49. The molecule has 0 spiro atoms. The highest BCUT2D eigenvalue weighted by Crippen LogP contribution is 2.19. The van der Waals surface area contributed by atoms with Crippen molar-refractivity contribution in [2.75, 3.05) is 18.1 Å². The molecule has 7 amide bonds. The summed E-state index contributed by atoms with van der Waals surface area (Å²) in [6.45, 7) is 3.65. The second-order valence-corrected chi connectivity index (χ2v) is 13.5. The van der Waals surface area contributed by atoms with Crippen molar-refractivity contribution in [1.29, 1.82) is 0 Å². The molecule has 0 radical (unpaired) electrons. The van der Waals surface area contributed by atoms with E-state index in [1.807, 2.05) is 0 Å². The molecule has 0 unspecified atom stereocenters. The summed E-state index contributed by atoms with van der Waals surface area (Å²) in [6.07, 6.45) is 0.894. The number of carbonyl (C=O) groups is 8. The molecule has 1 aromatic heterocycles. The van der Waals surface area contributed by atoms with Crippen molar-refractivity contribution in [1.82, 2.24) is 36.9 Å². The summed E-state index contributed by atoms with van der Waals surface area (Å²) in [5.74, 6) is -8.09. The molecular weight excluding hydrogens is 747 g/mol. The van der Waals surface area contributed by atoms with Crippen LogP contribution in [0.3, 0.4) is 0 Å². The van der Waals surface area contributed by atoms with Crippen molar-refractivity contribution >= 4 is 83.5 Å². The highest BCUT2D eigenvalue weighted by Gasteiger charge is 2.33. The predicted molar refractivity (Wildman–Crippen MR) is 203 cm³/mol. The number of rotatable bonds is 22. The molecule has 0 saturated carbocycles. The van der Waals surface area contributed by atoms with Gasteiger partial charge in [-0.2, -0.15) is 25.3 Å². The van der Waals surface area contributed by atoms with Crippen molar-refractivity contribution < 1.29 is 48.6 Å². The Morgan fingerprint density at radius 2 is 1.31 bits per heavy atom. The van der Waals surface area contributed by atoms with Crippen LogP contribution < -0.4 is 43.4 Å². The first kappa shape index (κ1) is 45.3. The van der Waals surface area contributed by atoms with Crippen molar-refractivity contribution in [2.24, 2.45) is 17.4 Å². The molecule has 19 nitrogen and oxygen atoms in total. The molecule has 2 rings (SSSR count). The largest absolute Gasteiger partial charge is 0.480 e. The summed E-state index contributed by atoms with van der Waals surface area (Å²) in [6, 6.07) is -2.14. The smallest absolute Gasteiger partial charge is 0.327 e. The van der Waals surface area contributed by atoms with Gasteiger partial charge >= 0.3 is 5.97 Å². The molecule has 1 heterocycles. The van der Waals surface area contributed by atoms with E-state index in [1.54, 1.807) is 44.3 Å². The van der Waals surface area contributed by atoms with E-state index in [-0.39, 0.29) is 30.8 Å². The number of aromatic nitrogens is 1. The third kappa shape index (κ3) is 13.5. The van der Waals surface area contributed by atoms with Crippen molar-refractivity contribution in [3.05, 3.63) is 36.0 Å². The fourth-order valence-corrected chi connectivity index (χ4v) is 5.44. The number of para-hydroxylation sites is 1. The van der Waals surface area contributed by atoms with Crippen LogP contribution in [-0.4, -0.2) is 123 Å². The number of nitrogens with two attached hydrogens (primary N) is 2. The molecule has 0 fully saturated rings. The van der Waals surface area contributed by atoms with Gasteiger partial charge in [-0.3, -0.25) is 33.6 Å². The Bertz CT molecular complexity index is 1670. The summed E-state index contributed by atoms with van der Waals surface area (Å²) >= 11 is 7.88. The number of fused-ring (bicyclic) bond motifs is 1. The van der Waals surface area contributed by atoms with Gasteiger partial charge in [0.15, 0.2) is 0 Å². The van der Waals surface area contributed by atoms with Crippen LogP contribution in [0.4, 0.5) is 0 Å². The Labute approximate surface area is 322 Å². The van der Waals surface area contributed by atoms with Gasteiger partial charge < -0.3 is 58.6 Å². The molecule has 7 atom stereocenters. The van der Waals surface area contributed by atoms with E-state index in [0.29, 0.717) is 5.56 Å². The number of aliphatic hydroxyl groups excluding tert-OH is 1. The first-order chi connectivity index (χ1) is 25.4. The number of carbonyl (C=O) groups excluding carboxylic acids is 7. The number of carboxylic acids is 1. The van der Waals surface area contributed by atoms with Gasteiger partial charge in [-0.25, -0.2) is 4.79 Å². The number of hydrogen-bond donors (Lipinski definition) is 13. The van der Waals surface area contributed by atoms with Gasteiger partial charge in [0, 0.05) is 41.4 Å². The Morgan fingerprint density at radius 1 is 0.741 bits per heavy atom. The SMILES string of the molecule is CC(C)[C@H](NC(=O)[C@H](CCC(N)=O)NC(=O)[C@H](C)NC(=O)[C@H](Cc1c[nH]c2ccccc12)NC(=O)[C@H](CO)NC(=O)[C@@H](N)CS)C(=O)N[C@@H](CS)C(=O)O. The van der Waals surface area contributed by atoms with Crippen molar-refractivity contribution in [2.45, 2.75) is 82.3 Å². The summed E-state index contributed by atoms with van der Waals surface area (Å²) in [4.78, 5) is 105. The van der Waals surface area contributed by atoms with Gasteiger partial charge in [0.2, 0.25) is 41.4 Å². The first-order valence-electron chi connectivity index (χ1n) is 16.9. The van der Waals surface area contributed by atoms with Crippen LogP contribution >= 0.6 is 25.3 Å². The maximum absolute atomic E-state index is 13.7. The summed E-state index contributed by atoms with van der Waals surface area (Å²) in [7, 11) is 0. The Hall–Kier alpha value is -4.86. The normalized spacial score (nSPS) is 15.0.